The highest BCUT2D eigenvalue weighted by molar-refractivity contribution is 6.35. The third kappa shape index (κ3) is 4.03. The summed E-state index contributed by atoms with van der Waals surface area (Å²) in [6.07, 6.45) is 0.562. The van der Waals surface area contributed by atoms with E-state index in [1.165, 1.54) is 0 Å². The fourth-order valence-corrected chi connectivity index (χ4v) is 1.52. The molecule has 2 nitrogen and oxygen atoms in total. The van der Waals surface area contributed by atoms with Crippen molar-refractivity contribution in [2.45, 2.75) is 12.5 Å². The molecule has 0 aliphatic rings. The highest BCUT2D eigenvalue weighted by Crippen LogP contribution is 2.21. The molecule has 0 saturated heterocycles. The zero-order chi connectivity index (χ0) is 9.84. The van der Waals surface area contributed by atoms with Crippen molar-refractivity contribution >= 4 is 35.6 Å². The molecule has 0 aliphatic carbocycles. The standard InChI is InChI=1S/C9H11Cl2NO.ClH/c10-7-2-1-6(9(11)4-7)3-8(12)5-13;/h1-2,4,8,13H,3,5,12H2;1H. The number of aliphatic hydroxyl groups excluding tert-OH is 1. The van der Waals surface area contributed by atoms with Crippen LogP contribution in [-0.2, 0) is 6.42 Å². The van der Waals surface area contributed by atoms with E-state index in [4.69, 9.17) is 34.0 Å². The molecule has 3 N–H and O–H groups in total. The van der Waals surface area contributed by atoms with Gasteiger partial charge >= 0.3 is 0 Å². The van der Waals surface area contributed by atoms with Gasteiger partial charge in [0.1, 0.15) is 0 Å². The minimum absolute atomic E-state index is 0. The molecule has 14 heavy (non-hydrogen) atoms. The lowest BCUT2D eigenvalue weighted by Gasteiger charge is -2.09. The van der Waals surface area contributed by atoms with Gasteiger partial charge in [-0.3, -0.25) is 0 Å². The maximum Gasteiger partial charge on any atom is 0.0585 e. The van der Waals surface area contributed by atoms with E-state index < -0.39 is 0 Å². The first-order valence-electron chi connectivity index (χ1n) is 3.94. The smallest absolute Gasteiger partial charge is 0.0585 e. The summed E-state index contributed by atoms with van der Waals surface area (Å²) >= 11 is 11.6. The molecule has 0 aromatic heterocycles. The van der Waals surface area contributed by atoms with Crippen molar-refractivity contribution in [3.05, 3.63) is 33.8 Å². The SMILES string of the molecule is Cl.NC(CO)Cc1ccc(Cl)cc1Cl. The number of nitrogens with two attached hydrogens (primary N) is 1. The summed E-state index contributed by atoms with van der Waals surface area (Å²) in [4.78, 5) is 0. The number of hydrogen-bond acceptors (Lipinski definition) is 2. The largest absolute Gasteiger partial charge is 0.395 e. The van der Waals surface area contributed by atoms with E-state index in [0.717, 1.165) is 5.56 Å². The van der Waals surface area contributed by atoms with Crippen LogP contribution in [0.1, 0.15) is 5.56 Å². The molecule has 0 fully saturated rings. The second kappa shape index (κ2) is 6.49. The maximum atomic E-state index is 8.75. The van der Waals surface area contributed by atoms with Crippen LogP contribution in [0.2, 0.25) is 10.0 Å². The van der Waals surface area contributed by atoms with Gasteiger partial charge in [-0.25, -0.2) is 0 Å². The van der Waals surface area contributed by atoms with Gasteiger partial charge in [-0.1, -0.05) is 29.3 Å². The summed E-state index contributed by atoms with van der Waals surface area (Å²) in [6.45, 7) is -0.0427. The molecule has 1 aromatic rings. The van der Waals surface area contributed by atoms with Gasteiger partial charge in [-0.05, 0) is 24.1 Å². The van der Waals surface area contributed by atoms with Crippen molar-refractivity contribution in [2.75, 3.05) is 6.61 Å². The summed E-state index contributed by atoms with van der Waals surface area (Å²) in [7, 11) is 0. The molecule has 80 valence electrons. The first-order chi connectivity index (χ1) is 6.13. The van der Waals surface area contributed by atoms with Crippen LogP contribution in [0.25, 0.3) is 0 Å². The van der Waals surface area contributed by atoms with Gasteiger partial charge in [0, 0.05) is 16.1 Å². The van der Waals surface area contributed by atoms with Crippen LogP contribution < -0.4 is 5.73 Å². The summed E-state index contributed by atoms with van der Waals surface area (Å²) in [5.74, 6) is 0. The average Bonchev–Trinajstić information content (AvgIpc) is 2.09. The molecular formula is C9H12Cl3NO. The first kappa shape index (κ1) is 14.0. The maximum absolute atomic E-state index is 8.75. The van der Waals surface area contributed by atoms with Gasteiger partial charge in [0.25, 0.3) is 0 Å². The van der Waals surface area contributed by atoms with E-state index in [1.54, 1.807) is 12.1 Å². The van der Waals surface area contributed by atoms with E-state index in [2.05, 4.69) is 0 Å². The lowest BCUT2D eigenvalue weighted by Crippen LogP contribution is -2.26. The minimum atomic E-state index is -0.265. The second-order valence-corrected chi connectivity index (χ2v) is 3.73. The van der Waals surface area contributed by atoms with Crippen LogP contribution in [0.3, 0.4) is 0 Å². The number of aliphatic hydroxyl groups is 1. The molecular weight excluding hydrogens is 244 g/mol. The van der Waals surface area contributed by atoms with Crippen molar-refractivity contribution in [1.82, 2.24) is 0 Å². The molecule has 0 saturated carbocycles. The summed E-state index contributed by atoms with van der Waals surface area (Å²) in [6, 6.07) is 4.98. The van der Waals surface area contributed by atoms with Crippen LogP contribution in [0.5, 0.6) is 0 Å². The van der Waals surface area contributed by atoms with Gasteiger partial charge in [0.15, 0.2) is 0 Å². The number of rotatable bonds is 3. The van der Waals surface area contributed by atoms with E-state index in [1.807, 2.05) is 6.07 Å². The third-order valence-corrected chi connectivity index (χ3v) is 2.32. The lowest BCUT2D eigenvalue weighted by molar-refractivity contribution is 0.265. The zero-order valence-electron chi connectivity index (χ0n) is 7.41. The van der Waals surface area contributed by atoms with Crippen molar-refractivity contribution in [2.24, 2.45) is 5.73 Å². The summed E-state index contributed by atoms with van der Waals surface area (Å²) in [5.41, 5.74) is 6.48. The van der Waals surface area contributed by atoms with E-state index in [9.17, 15) is 0 Å². The Morgan fingerprint density at radius 2 is 2.00 bits per heavy atom. The average molecular weight is 257 g/mol. The fraction of sp³-hybridized carbons (Fsp3) is 0.333. The molecule has 0 spiro atoms. The Labute approximate surface area is 99.4 Å². The molecule has 0 radical (unpaired) electrons. The summed E-state index contributed by atoms with van der Waals surface area (Å²) < 4.78 is 0. The van der Waals surface area contributed by atoms with Crippen LogP contribution >= 0.6 is 35.6 Å². The number of halogens is 3. The highest BCUT2D eigenvalue weighted by atomic mass is 35.5. The molecule has 0 bridgehead atoms. The van der Waals surface area contributed by atoms with E-state index in [-0.39, 0.29) is 25.1 Å². The first-order valence-corrected chi connectivity index (χ1v) is 4.69. The quantitative estimate of drug-likeness (QED) is 0.871. The highest BCUT2D eigenvalue weighted by Gasteiger charge is 2.06. The van der Waals surface area contributed by atoms with Crippen LogP contribution in [0.15, 0.2) is 18.2 Å². The number of hydrogen-bond donors (Lipinski definition) is 2. The van der Waals surface area contributed by atoms with E-state index in [0.29, 0.717) is 16.5 Å². The number of benzene rings is 1. The van der Waals surface area contributed by atoms with Crippen LogP contribution in [0.4, 0.5) is 0 Å². The third-order valence-electron chi connectivity index (χ3n) is 1.73. The molecule has 1 rings (SSSR count). The summed E-state index contributed by atoms with van der Waals surface area (Å²) in [5, 5.41) is 9.94. The Morgan fingerprint density at radius 1 is 1.36 bits per heavy atom. The van der Waals surface area contributed by atoms with Gasteiger partial charge in [0.05, 0.1) is 6.61 Å². The topological polar surface area (TPSA) is 46.2 Å². The Bertz CT molecular complexity index is 293. The van der Waals surface area contributed by atoms with Gasteiger partial charge in [-0.2, -0.15) is 0 Å². The van der Waals surface area contributed by atoms with Crippen molar-refractivity contribution in [3.63, 3.8) is 0 Å². The van der Waals surface area contributed by atoms with Crippen LogP contribution in [-0.4, -0.2) is 17.8 Å². The van der Waals surface area contributed by atoms with Crippen molar-refractivity contribution in [1.29, 1.82) is 0 Å². The lowest BCUT2D eigenvalue weighted by atomic mass is 10.1. The fourth-order valence-electron chi connectivity index (χ4n) is 1.03. The monoisotopic (exact) mass is 255 g/mol. The second-order valence-electron chi connectivity index (χ2n) is 2.88. The van der Waals surface area contributed by atoms with E-state index >= 15 is 0 Å². The minimum Gasteiger partial charge on any atom is -0.395 e. The Morgan fingerprint density at radius 3 is 2.50 bits per heavy atom. The normalized spacial score (nSPS) is 12.0. The Hall–Kier alpha value is 0.01000. The zero-order valence-corrected chi connectivity index (χ0v) is 9.74. The Balaban J connectivity index is 0.00000169. The molecule has 0 aliphatic heterocycles. The predicted octanol–water partition coefficient (Wildman–Crippen LogP) is 2.28. The molecule has 1 atom stereocenters. The molecule has 5 heteroatoms. The Kier molecular flexibility index (Phi) is 6.49. The molecule has 0 heterocycles. The van der Waals surface area contributed by atoms with Gasteiger partial charge in [0.2, 0.25) is 0 Å². The van der Waals surface area contributed by atoms with Crippen LogP contribution in [0, 0.1) is 0 Å². The van der Waals surface area contributed by atoms with Gasteiger partial charge in [-0.15, -0.1) is 12.4 Å². The molecule has 1 unspecified atom stereocenters. The van der Waals surface area contributed by atoms with Gasteiger partial charge < -0.3 is 10.8 Å². The van der Waals surface area contributed by atoms with Crippen molar-refractivity contribution in [3.8, 4) is 0 Å². The van der Waals surface area contributed by atoms with Crippen molar-refractivity contribution < 1.29 is 5.11 Å². The molecule has 0 amide bonds. The molecule has 1 aromatic carbocycles. The predicted molar refractivity (Wildman–Crippen MR) is 62.5 cm³/mol.